The van der Waals surface area contributed by atoms with Crippen LogP contribution in [0.1, 0.15) is 28.7 Å². The fourth-order valence-corrected chi connectivity index (χ4v) is 4.16. The highest BCUT2D eigenvalue weighted by molar-refractivity contribution is 7.27. The zero-order chi connectivity index (χ0) is 28.5. The Hall–Kier alpha value is -4.95. The van der Waals surface area contributed by atoms with Crippen molar-refractivity contribution in [2.24, 2.45) is 0 Å². The monoisotopic (exact) mass is 541 g/mol. The number of alkyl halides is 1. The molecule has 3 rings (SSSR count). The standard InChI is InChI=1S/C25H7F7N5P/c26-2-1-9(4-33)15-17(11(6-35)16-14(27)3-10(5-34)20(28)25(16)38)18(15)12(7-36)19-23(31)21(29)13(8-37)22(30)24(19)32/h3H,1-2,38H2/b15-9?,17-11-,18-12+. The number of halogens is 7. The molecule has 0 bridgehead atoms. The minimum atomic E-state index is -2.15. The predicted octanol–water partition coefficient (Wildman–Crippen LogP) is 5.21. The molecule has 5 nitrogen and oxygen atoms in total. The molecule has 0 aromatic heterocycles. The van der Waals surface area contributed by atoms with E-state index in [0.717, 1.165) is 6.07 Å². The molecule has 1 saturated carbocycles. The van der Waals surface area contributed by atoms with Crippen molar-refractivity contribution in [3.63, 3.8) is 0 Å². The second-order valence-corrected chi connectivity index (χ2v) is 7.94. The molecule has 2 aromatic rings. The van der Waals surface area contributed by atoms with Gasteiger partial charge in [0.05, 0.1) is 35.0 Å². The lowest BCUT2D eigenvalue weighted by Gasteiger charge is -2.08. The van der Waals surface area contributed by atoms with Crippen molar-refractivity contribution in [2.45, 2.75) is 6.42 Å². The Morgan fingerprint density at radius 2 is 1.21 bits per heavy atom. The zero-order valence-corrected chi connectivity index (χ0v) is 19.6. The van der Waals surface area contributed by atoms with Gasteiger partial charge in [-0.15, -0.1) is 9.24 Å². The summed E-state index contributed by atoms with van der Waals surface area (Å²) in [6.07, 6.45) is -0.644. The lowest BCUT2D eigenvalue weighted by Crippen LogP contribution is -2.11. The van der Waals surface area contributed by atoms with Crippen LogP contribution in [0, 0.1) is 91.6 Å². The average Bonchev–Trinajstić information content (AvgIpc) is 3.62. The highest BCUT2D eigenvalue weighted by Crippen LogP contribution is 2.55. The van der Waals surface area contributed by atoms with E-state index in [0.29, 0.717) is 6.07 Å². The molecule has 186 valence electrons. The van der Waals surface area contributed by atoms with Gasteiger partial charge in [0.25, 0.3) is 0 Å². The van der Waals surface area contributed by atoms with Gasteiger partial charge < -0.3 is 0 Å². The molecule has 0 radical (unpaired) electrons. The van der Waals surface area contributed by atoms with E-state index in [1.807, 2.05) is 0 Å². The number of benzene rings is 2. The summed E-state index contributed by atoms with van der Waals surface area (Å²) < 4.78 is 101. The molecule has 0 saturated heterocycles. The van der Waals surface area contributed by atoms with Crippen LogP contribution in [-0.2, 0) is 0 Å². The number of rotatable bonds is 4. The van der Waals surface area contributed by atoms with Gasteiger partial charge >= 0.3 is 0 Å². The minimum absolute atomic E-state index is 0.448. The number of nitriles is 5. The third-order valence-electron chi connectivity index (χ3n) is 5.44. The molecule has 13 heteroatoms. The Morgan fingerprint density at radius 1 is 0.684 bits per heavy atom. The van der Waals surface area contributed by atoms with Gasteiger partial charge in [0.2, 0.25) is 0 Å². The summed E-state index contributed by atoms with van der Waals surface area (Å²) in [5.41, 5.74) is -8.79. The van der Waals surface area contributed by atoms with Crippen LogP contribution >= 0.6 is 9.24 Å². The first-order valence-corrected chi connectivity index (χ1v) is 10.6. The zero-order valence-electron chi connectivity index (χ0n) is 18.5. The van der Waals surface area contributed by atoms with E-state index in [1.54, 1.807) is 15.3 Å². The molecule has 1 fully saturated rings. The number of nitrogens with zero attached hydrogens (tertiary/aromatic N) is 5. The number of hydrogen-bond acceptors (Lipinski definition) is 5. The summed E-state index contributed by atoms with van der Waals surface area (Å²) in [6, 6.07) is 7.19. The molecule has 1 atom stereocenters. The van der Waals surface area contributed by atoms with E-state index in [-0.39, 0.29) is 0 Å². The quantitative estimate of drug-likeness (QED) is 0.228. The van der Waals surface area contributed by atoms with Gasteiger partial charge in [-0.2, -0.15) is 26.3 Å². The third-order valence-corrected chi connectivity index (χ3v) is 5.98. The summed E-state index contributed by atoms with van der Waals surface area (Å²) in [4.78, 5) is 0. The van der Waals surface area contributed by atoms with E-state index < -0.39 is 109 Å². The van der Waals surface area contributed by atoms with Crippen LogP contribution in [0.15, 0.2) is 28.4 Å². The van der Waals surface area contributed by atoms with E-state index >= 15 is 0 Å². The van der Waals surface area contributed by atoms with Crippen LogP contribution in [0.4, 0.5) is 30.7 Å². The van der Waals surface area contributed by atoms with Crippen LogP contribution < -0.4 is 5.30 Å². The maximum Gasteiger partial charge on any atom is 0.180 e. The van der Waals surface area contributed by atoms with Crippen molar-refractivity contribution in [1.82, 2.24) is 0 Å². The van der Waals surface area contributed by atoms with Crippen molar-refractivity contribution in [1.29, 1.82) is 26.3 Å². The third kappa shape index (κ3) is 4.16. The fraction of sp³-hybridized carbons (Fsp3) is 0.0800. The molecule has 0 spiro atoms. The molecule has 0 N–H and O–H groups in total. The Labute approximate surface area is 212 Å². The lowest BCUT2D eigenvalue weighted by molar-refractivity contribution is 0.447. The van der Waals surface area contributed by atoms with Crippen LogP contribution in [0.25, 0.3) is 11.1 Å². The van der Waals surface area contributed by atoms with E-state index in [1.165, 1.54) is 18.2 Å². The summed E-state index contributed by atoms with van der Waals surface area (Å²) in [6.45, 7) is -1.16. The first kappa shape index (κ1) is 27.6. The highest BCUT2D eigenvalue weighted by Gasteiger charge is 2.43. The maximum atomic E-state index is 14.9. The largest absolute Gasteiger partial charge is 0.251 e. The highest BCUT2D eigenvalue weighted by atomic mass is 31.0. The van der Waals surface area contributed by atoms with Crippen molar-refractivity contribution >= 4 is 25.7 Å². The Morgan fingerprint density at radius 3 is 1.63 bits per heavy atom. The van der Waals surface area contributed by atoms with Crippen molar-refractivity contribution in [3.05, 3.63) is 85.5 Å². The van der Waals surface area contributed by atoms with E-state index in [2.05, 4.69) is 0 Å². The van der Waals surface area contributed by atoms with Crippen molar-refractivity contribution < 1.29 is 30.7 Å². The van der Waals surface area contributed by atoms with Gasteiger partial charge in [-0.05, 0) is 6.07 Å². The Kier molecular flexibility index (Phi) is 7.69. The molecular formula is C25H7F7N5P. The van der Waals surface area contributed by atoms with Gasteiger partial charge in [0.15, 0.2) is 23.3 Å². The predicted molar refractivity (Wildman–Crippen MR) is 120 cm³/mol. The Balaban J connectivity index is 2.58. The molecule has 1 aliphatic carbocycles. The van der Waals surface area contributed by atoms with Gasteiger partial charge in [-0.3, -0.25) is 4.39 Å². The summed E-state index contributed by atoms with van der Waals surface area (Å²) >= 11 is 0. The van der Waals surface area contributed by atoms with E-state index in [9.17, 15) is 46.5 Å². The number of hydrogen-bond donors (Lipinski definition) is 0. The van der Waals surface area contributed by atoms with Crippen LogP contribution in [0.2, 0.25) is 0 Å². The summed E-state index contributed by atoms with van der Waals surface area (Å²) in [5, 5.41) is 46.1. The van der Waals surface area contributed by atoms with Gasteiger partial charge in [0.1, 0.15) is 41.5 Å². The first-order chi connectivity index (χ1) is 18.1. The molecule has 1 unspecified atom stereocenters. The number of allylic oxidation sites excluding steroid dienone is 6. The van der Waals surface area contributed by atoms with Crippen LogP contribution in [0.5, 0.6) is 0 Å². The van der Waals surface area contributed by atoms with Gasteiger partial charge in [-0.25, -0.2) is 26.3 Å². The second kappa shape index (κ2) is 10.6. The summed E-state index contributed by atoms with van der Waals surface area (Å²) in [7, 11) is 1.77. The van der Waals surface area contributed by atoms with Crippen LogP contribution in [0.3, 0.4) is 0 Å². The summed E-state index contributed by atoms with van der Waals surface area (Å²) in [5.74, 6) is -11.1. The molecule has 0 heterocycles. The molecule has 0 aliphatic heterocycles. The molecule has 2 aromatic carbocycles. The van der Waals surface area contributed by atoms with E-state index in [4.69, 9.17) is 10.5 Å². The van der Waals surface area contributed by atoms with Crippen LogP contribution in [-0.4, -0.2) is 6.67 Å². The fourth-order valence-electron chi connectivity index (χ4n) is 3.72. The second-order valence-electron chi connectivity index (χ2n) is 7.37. The minimum Gasteiger partial charge on any atom is -0.251 e. The smallest absolute Gasteiger partial charge is 0.180 e. The topological polar surface area (TPSA) is 119 Å². The van der Waals surface area contributed by atoms with Crippen molar-refractivity contribution in [2.75, 3.05) is 6.67 Å². The lowest BCUT2D eigenvalue weighted by atomic mass is 9.99. The SMILES string of the molecule is N#CC(CCF)=C1C(=C(/C#N)c2c(F)c(F)c(C#N)c(F)c2F)/C1=C(/C#N)c1c(F)cc(C#N)c(F)c1P. The molecule has 1 aliphatic rings. The molecule has 0 amide bonds. The van der Waals surface area contributed by atoms with Gasteiger partial charge in [0, 0.05) is 39.6 Å². The maximum absolute atomic E-state index is 14.9. The molecular weight excluding hydrogens is 534 g/mol. The molecule has 38 heavy (non-hydrogen) atoms. The first-order valence-electron chi connectivity index (χ1n) is 9.99. The average molecular weight is 541 g/mol. The Bertz CT molecular complexity index is 1720. The van der Waals surface area contributed by atoms with Gasteiger partial charge in [-0.1, -0.05) is 0 Å². The van der Waals surface area contributed by atoms with Crippen molar-refractivity contribution in [3.8, 4) is 30.3 Å². The normalized spacial score (nSPS) is 15.9.